The van der Waals surface area contributed by atoms with Gasteiger partial charge in [-0.2, -0.15) is 5.10 Å². The molecule has 0 spiro atoms. The van der Waals surface area contributed by atoms with E-state index in [1.54, 1.807) is 44.6 Å². The molecule has 0 unspecified atom stereocenters. The fraction of sp³-hybridized carbons (Fsp3) is 0.278. The first-order valence-electron chi connectivity index (χ1n) is 7.47. The van der Waals surface area contributed by atoms with Crippen LogP contribution < -0.4 is 10.3 Å². The zero-order valence-electron chi connectivity index (χ0n) is 14.9. The molecular formula is C18H26N4O2. The predicted octanol–water partition coefficient (Wildman–Crippen LogP) is 3.26. The second-order valence-corrected chi connectivity index (χ2v) is 4.53. The van der Waals surface area contributed by atoms with Crippen molar-refractivity contribution in [1.29, 1.82) is 0 Å². The Balaban J connectivity index is 0.00000163. The van der Waals surface area contributed by atoms with Crippen molar-refractivity contribution in [2.45, 2.75) is 13.8 Å². The van der Waals surface area contributed by atoms with Crippen molar-refractivity contribution in [3.8, 4) is 5.75 Å². The van der Waals surface area contributed by atoms with Gasteiger partial charge in [0.05, 0.1) is 6.21 Å². The molecule has 0 aliphatic rings. The first-order valence-corrected chi connectivity index (χ1v) is 7.47. The van der Waals surface area contributed by atoms with E-state index in [-0.39, 0.29) is 5.75 Å². The van der Waals surface area contributed by atoms with Gasteiger partial charge in [0.2, 0.25) is 0 Å². The molecule has 0 fully saturated rings. The normalized spacial score (nSPS) is 11.6. The van der Waals surface area contributed by atoms with Gasteiger partial charge >= 0.3 is 0 Å². The molecule has 1 rings (SSSR count). The number of phenols is 1. The van der Waals surface area contributed by atoms with E-state index in [9.17, 15) is 5.11 Å². The summed E-state index contributed by atoms with van der Waals surface area (Å²) >= 11 is 0. The average molecular weight is 330 g/mol. The second-order valence-electron chi connectivity index (χ2n) is 4.53. The Morgan fingerprint density at radius 1 is 1.33 bits per heavy atom. The van der Waals surface area contributed by atoms with Crippen LogP contribution in [0.3, 0.4) is 0 Å². The van der Waals surface area contributed by atoms with Crippen molar-refractivity contribution in [1.82, 2.24) is 0 Å². The van der Waals surface area contributed by atoms with Gasteiger partial charge in [0.1, 0.15) is 17.7 Å². The Hall–Kier alpha value is -2.89. The summed E-state index contributed by atoms with van der Waals surface area (Å²) in [6.07, 6.45) is 9.90. The molecule has 1 aromatic carbocycles. The predicted molar refractivity (Wildman–Crippen MR) is 104 cm³/mol. The monoisotopic (exact) mass is 330 g/mol. The Morgan fingerprint density at radius 3 is 2.50 bits per heavy atom. The van der Waals surface area contributed by atoms with E-state index in [4.69, 9.17) is 4.79 Å². The van der Waals surface area contributed by atoms with Crippen LogP contribution in [0.1, 0.15) is 13.8 Å². The SMILES string of the molecule is CC=O.C\C=C/C(/C=N/N(C)c1ccc(NC)cc1O)=C\C=NC. The van der Waals surface area contributed by atoms with Crippen LogP contribution in [0.15, 0.2) is 52.1 Å². The molecule has 0 saturated heterocycles. The van der Waals surface area contributed by atoms with Gasteiger partial charge in [-0.25, -0.2) is 0 Å². The van der Waals surface area contributed by atoms with Crippen molar-refractivity contribution < 1.29 is 9.90 Å². The molecular weight excluding hydrogens is 304 g/mol. The number of hydrogen-bond donors (Lipinski definition) is 2. The molecule has 0 radical (unpaired) electrons. The highest BCUT2D eigenvalue weighted by Crippen LogP contribution is 2.29. The summed E-state index contributed by atoms with van der Waals surface area (Å²) in [7, 11) is 5.31. The minimum absolute atomic E-state index is 0.174. The number of anilines is 2. The molecule has 0 aliphatic heterocycles. The van der Waals surface area contributed by atoms with Gasteiger partial charge in [-0.15, -0.1) is 0 Å². The number of nitrogens with one attached hydrogen (secondary N) is 1. The molecule has 0 atom stereocenters. The summed E-state index contributed by atoms with van der Waals surface area (Å²) < 4.78 is 0. The van der Waals surface area contributed by atoms with E-state index in [1.807, 2.05) is 37.3 Å². The number of aromatic hydroxyl groups is 1. The summed E-state index contributed by atoms with van der Waals surface area (Å²) in [6, 6.07) is 5.35. The fourth-order valence-electron chi connectivity index (χ4n) is 1.66. The summed E-state index contributed by atoms with van der Waals surface area (Å²) in [6.45, 7) is 3.39. The fourth-order valence-corrected chi connectivity index (χ4v) is 1.66. The van der Waals surface area contributed by atoms with Gasteiger partial charge in [0.15, 0.2) is 0 Å². The minimum atomic E-state index is 0.174. The quantitative estimate of drug-likeness (QED) is 0.363. The number of benzene rings is 1. The van der Waals surface area contributed by atoms with Gasteiger partial charge < -0.3 is 15.2 Å². The summed E-state index contributed by atoms with van der Waals surface area (Å²) in [5.41, 5.74) is 2.40. The summed E-state index contributed by atoms with van der Waals surface area (Å²) in [5.74, 6) is 0.174. The third-order valence-corrected chi connectivity index (χ3v) is 2.77. The van der Waals surface area contributed by atoms with E-state index in [0.717, 1.165) is 17.5 Å². The molecule has 0 aliphatic carbocycles. The van der Waals surface area contributed by atoms with E-state index < -0.39 is 0 Å². The maximum atomic E-state index is 10.00. The summed E-state index contributed by atoms with van der Waals surface area (Å²) in [5, 5.41) is 18.9. The highest BCUT2D eigenvalue weighted by molar-refractivity contribution is 5.90. The average Bonchev–Trinajstić information content (AvgIpc) is 2.57. The zero-order chi connectivity index (χ0) is 18.4. The van der Waals surface area contributed by atoms with Crippen LogP contribution in [-0.2, 0) is 4.79 Å². The van der Waals surface area contributed by atoms with E-state index in [0.29, 0.717) is 5.69 Å². The lowest BCUT2D eigenvalue weighted by atomic mass is 10.2. The van der Waals surface area contributed by atoms with Crippen molar-refractivity contribution in [2.75, 3.05) is 31.5 Å². The number of carbonyl (C=O) groups is 1. The number of hydrazone groups is 1. The van der Waals surface area contributed by atoms with Crippen molar-refractivity contribution in [3.63, 3.8) is 0 Å². The van der Waals surface area contributed by atoms with Crippen LogP contribution in [0.4, 0.5) is 11.4 Å². The largest absolute Gasteiger partial charge is 0.506 e. The number of nitrogens with zero attached hydrogens (tertiary/aromatic N) is 3. The van der Waals surface area contributed by atoms with Gasteiger partial charge in [0.25, 0.3) is 0 Å². The topological polar surface area (TPSA) is 77.3 Å². The van der Waals surface area contributed by atoms with Gasteiger partial charge in [-0.05, 0) is 37.6 Å². The number of aliphatic imine (C=N–C) groups is 1. The first-order chi connectivity index (χ1) is 11.5. The maximum Gasteiger partial charge on any atom is 0.142 e. The molecule has 6 nitrogen and oxygen atoms in total. The highest BCUT2D eigenvalue weighted by atomic mass is 16.3. The zero-order valence-corrected chi connectivity index (χ0v) is 14.9. The summed E-state index contributed by atoms with van der Waals surface area (Å²) in [4.78, 5) is 12.7. The first kappa shape index (κ1) is 21.1. The molecule has 0 amide bonds. The van der Waals surface area contributed by atoms with Crippen LogP contribution in [0.2, 0.25) is 0 Å². The molecule has 0 bridgehead atoms. The minimum Gasteiger partial charge on any atom is -0.506 e. The lowest BCUT2D eigenvalue weighted by Gasteiger charge is -2.15. The van der Waals surface area contributed by atoms with E-state index >= 15 is 0 Å². The second kappa shape index (κ2) is 12.6. The number of allylic oxidation sites excluding steroid dienone is 4. The van der Waals surface area contributed by atoms with Crippen LogP contribution >= 0.6 is 0 Å². The lowest BCUT2D eigenvalue weighted by molar-refractivity contribution is -0.106. The van der Waals surface area contributed by atoms with Gasteiger partial charge in [-0.1, -0.05) is 12.2 Å². The molecule has 0 saturated carbocycles. The molecule has 2 N–H and O–H groups in total. The molecule has 130 valence electrons. The Bertz CT molecular complexity index is 619. The van der Waals surface area contributed by atoms with Gasteiger partial charge in [-0.3, -0.25) is 10.0 Å². The van der Waals surface area contributed by atoms with Crippen molar-refractivity contribution in [3.05, 3.63) is 42.0 Å². The molecule has 1 aromatic rings. The van der Waals surface area contributed by atoms with Crippen molar-refractivity contribution >= 4 is 30.1 Å². The van der Waals surface area contributed by atoms with Crippen LogP contribution in [-0.4, -0.2) is 45.0 Å². The smallest absolute Gasteiger partial charge is 0.142 e. The van der Waals surface area contributed by atoms with Gasteiger partial charge in [0, 0.05) is 39.1 Å². The molecule has 24 heavy (non-hydrogen) atoms. The van der Waals surface area contributed by atoms with Crippen LogP contribution in [0.25, 0.3) is 0 Å². The number of aldehydes is 1. The van der Waals surface area contributed by atoms with Crippen LogP contribution in [0.5, 0.6) is 5.75 Å². The molecule has 6 heteroatoms. The Morgan fingerprint density at radius 2 is 2.00 bits per heavy atom. The van der Waals surface area contributed by atoms with Crippen LogP contribution in [0, 0.1) is 0 Å². The maximum absolute atomic E-state index is 10.00. The standard InChI is InChI=1S/C16H22N4O.C2H4O/c1-5-6-13(9-10-17-2)12-19-20(4)15-8-7-14(18-3)11-16(15)21;1-2-3/h5-12,18,21H,1-4H3;2H,1H3/b6-5-,13-9+,17-10?,19-12+;. The highest BCUT2D eigenvalue weighted by Gasteiger charge is 2.05. The Labute approximate surface area is 143 Å². The number of carbonyl (C=O) groups excluding carboxylic acids is 1. The van der Waals surface area contributed by atoms with Crippen molar-refractivity contribution in [2.24, 2.45) is 10.1 Å². The molecule has 0 aromatic heterocycles. The number of phenolic OH excluding ortho intramolecular Hbond substituents is 1. The Kier molecular flexibility index (Phi) is 11.1. The number of hydrogen-bond acceptors (Lipinski definition) is 6. The number of rotatable bonds is 6. The molecule has 0 heterocycles. The van der Waals surface area contributed by atoms with E-state index in [2.05, 4.69) is 15.4 Å². The third kappa shape index (κ3) is 7.93. The third-order valence-electron chi connectivity index (χ3n) is 2.77. The van der Waals surface area contributed by atoms with E-state index in [1.165, 1.54) is 6.92 Å². The lowest BCUT2D eigenvalue weighted by Crippen LogP contribution is -2.09.